The van der Waals surface area contributed by atoms with Crippen LogP contribution in [0.5, 0.6) is 0 Å². The van der Waals surface area contributed by atoms with E-state index in [1.165, 1.54) is 0 Å². The lowest BCUT2D eigenvalue weighted by Crippen LogP contribution is -2.48. The summed E-state index contributed by atoms with van der Waals surface area (Å²) in [5.74, 6) is -0.374. The molecule has 0 aromatic heterocycles. The van der Waals surface area contributed by atoms with E-state index in [1.807, 2.05) is 31.2 Å². The van der Waals surface area contributed by atoms with E-state index in [0.29, 0.717) is 28.7 Å². The predicted molar refractivity (Wildman–Crippen MR) is 113 cm³/mol. The van der Waals surface area contributed by atoms with Crippen LogP contribution in [0, 0.1) is 0 Å². The molecular formula is C20H21BrCl2N2O2. The standard InChI is InChI=1S/C20H21BrCl2N2O2/c1-3-24-20(27)13(2)25(12-14-5-4-6-16(21)9-14)19(26)10-15-7-8-17(22)11-18(15)23/h4-9,11,13H,3,10,12H2,1-2H3,(H,24,27). The molecule has 1 unspecified atom stereocenters. The number of amides is 2. The van der Waals surface area contributed by atoms with Gasteiger partial charge in [-0.1, -0.05) is 57.3 Å². The zero-order valence-corrected chi connectivity index (χ0v) is 18.2. The average Bonchev–Trinajstić information content (AvgIpc) is 2.61. The number of carbonyl (C=O) groups is 2. The van der Waals surface area contributed by atoms with Crippen molar-refractivity contribution in [1.29, 1.82) is 0 Å². The van der Waals surface area contributed by atoms with Gasteiger partial charge in [-0.25, -0.2) is 0 Å². The lowest BCUT2D eigenvalue weighted by Gasteiger charge is -2.29. The van der Waals surface area contributed by atoms with Gasteiger partial charge >= 0.3 is 0 Å². The highest BCUT2D eigenvalue weighted by Crippen LogP contribution is 2.23. The third kappa shape index (κ3) is 6.23. The molecule has 4 nitrogen and oxygen atoms in total. The zero-order valence-electron chi connectivity index (χ0n) is 15.1. The second-order valence-electron chi connectivity index (χ2n) is 6.13. The van der Waals surface area contributed by atoms with Gasteiger partial charge in [0.05, 0.1) is 6.42 Å². The molecule has 0 saturated heterocycles. The van der Waals surface area contributed by atoms with Gasteiger partial charge in [0.15, 0.2) is 0 Å². The second-order valence-corrected chi connectivity index (χ2v) is 7.89. The lowest BCUT2D eigenvalue weighted by molar-refractivity contribution is -0.140. The third-order valence-electron chi connectivity index (χ3n) is 4.12. The largest absolute Gasteiger partial charge is 0.355 e. The zero-order chi connectivity index (χ0) is 20.0. The van der Waals surface area contributed by atoms with Gasteiger partial charge in [0.1, 0.15) is 6.04 Å². The number of nitrogens with zero attached hydrogens (tertiary/aromatic N) is 1. The van der Waals surface area contributed by atoms with Crippen molar-refractivity contribution in [2.45, 2.75) is 32.9 Å². The minimum Gasteiger partial charge on any atom is -0.355 e. The van der Waals surface area contributed by atoms with Crippen LogP contribution in [0.3, 0.4) is 0 Å². The summed E-state index contributed by atoms with van der Waals surface area (Å²) in [6, 6.07) is 12.1. The van der Waals surface area contributed by atoms with Gasteiger partial charge in [0.25, 0.3) is 0 Å². The van der Waals surface area contributed by atoms with Crippen LogP contribution < -0.4 is 5.32 Å². The Balaban J connectivity index is 2.26. The van der Waals surface area contributed by atoms with E-state index in [4.69, 9.17) is 23.2 Å². The Hall–Kier alpha value is -1.56. The van der Waals surface area contributed by atoms with Gasteiger partial charge in [-0.05, 0) is 49.2 Å². The Morgan fingerprint density at radius 1 is 1.19 bits per heavy atom. The van der Waals surface area contributed by atoms with Gasteiger partial charge in [0, 0.05) is 27.6 Å². The predicted octanol–water partition coefficient (Wildman–Crippen LogP) is 4.85. The first-order chi connectivity index (χ1) is 12.8. The first-order valence-electron chi connectivity index (χ1n) is 8.57. The molecule has 0 saturated carbocycles. The lowest BCUT2D eigenvalue weighted by atomic mass is 10.1. The fraction of sp³-hybridized carbons (Fsp3) is 0.300. The van der Waals surface area contributed by atoms with E-state index in [2.05, 4.69) is 21.2 Å². The van der Waals surface area contributed by atoms with Gasteiger partial charge in [0.2, 0.25) is 11.8 Å². The smallest absolute Gasteiger partial charge is 0.242 e. The molecule has 0 heterocycles. The third-order valence-corrected chi connectivity index (χ3v) is 5.20. The van der Waals surface area contributed by atoms with Crippen LogP contribution in [0.1, 0.15) is 25.0 Å². The SMILES string of the molecule is CCNC(=O)C(C)N(Cc1cccc(Br)c1)C(=O)Cc1ccc(Cl)cc1Cl. The summed E-state index contributed by atoms with van der Waals surface area (Å²) in [7, 11) is 0. The number of nitrogens with one attached hydrogen (secondary N) is 1. The number of carbonyl (C=O) groups excluding carboxylic acids is 2. The van der Waals surface area contributed by atoms with E-state index in [0.717, 1.165) is 10.0 Å². The maximum atomic E-state index is 13.0. The minimum absolute atomic E-state index is 0.0910. The van der Waals surface area contributed by atoms with Crippen molar-refractivity contribution < 1.29 is 9.59 Å². The highest BCUT2D eigenvalue weighted by atomic mass is 79.9. The Morgan fingerprint density at radius 2 is 1.93 bits per heavy atom. The second kappa shape index (κ2) is 10.1. The van der Waals surface area contributed by atoms with E-state index >= 15 is 0 Å². The number of hydrogen-bond donors (Lipinski definition) is 1. The molecule has 2 aromatic rings. The first-order valence-corrected chi connectivity index (χ1v) is 10.1. The highest BCUT2D eigenvalue weighted by Gasteiger charge is 2.26. The number of halogens is 3. The quantitative estimate of drug-likeness (QED) is 0.627. The van der Waals surface area contributed by atoms with Crippen molar-refractivity contribution in [1.82, 2.24) is 10.2 Å². The molecule has 1 N–H and O–H groups in total. The van der Waals surface area contributed by atoms with Gasteiger partial charge in [-0.15, -0.1) is 0 Å². The maximum Gasteiger partial charge on any atom is 0.242 e. The van der Waals surface area contributed by atoms with Crippen LogP contribution >= 0.6 is 39.1 Å². The molecule has 0 spiro atoms. The van der Waals surface area contributed by atoms with Crippen molar-refractivity contribution in [3.8, 4) is 0 Å². The van der Waals surface area contributed by atoms with Crippen LogP contribution in [0.15, 0.2) is 46.9 Å². The topological polar surface area (TPSA) is 49.4 Å². The fourth-order valence-corrected chi connectivity index (χ4v) is 3.59. The summed E-state index contributed by atoms with van der Waals surface area (Å²) in [4.78, 5) is 27.0. The average molecular weight is 472 g/mol. The molecule has 2 rings (SSSR count). The van der Waals surface area contributed by atoms with Gasteiger partial charge < -0.3 is 10.2 Å². The normalized spacial score (nSPS) is 11.7. The molecule has 27 heavy (non-hydrogen) atoms. The molecule has 1 atom stereocenters. The summed E-state index contributed by atoms with van der Waals surface area (Å²) in [5, 5.41) is 3.72. The molecule has 0 radical (unpaired) electrons. The Bertz CT molecular complexity index is 829. The number of hydrogen-bond acceptors (Lipinski definition) is 2. The minimum atomic E-state index is -0.609. The highest BCUT2D eigenvalue weighted by molar-refractivity contribution is 9.10. The van der Waals surface area contributed by atoms with E-state index in [1.54, 1.807) is 30.0 Å². The number of benzene rings is 2. The van der Waals surface area contributed by atoms with Gasteiger partial charge in [-0.2, -0.15) is 0 Å². The van der Waals surface area contributed by atoms with Crippen molar-refractivity contribution in [3.05, 3.63) is 68.1 Å². The fourth-order valence-electron chi connectivity index (χ4n) is 2.67. The van der Waals surface area contributed by atoms with Crippen molar-refractivity contribution in [2.24, 2.45) is 0 Å². The van der Waals surface area contributed by atoms with Crippen LogP contribution in [0.4, 0.5) is 0 Å². The summed E-state index contributed by atoms with van der Waals surface area (Å²) < 4.78 is 0.916. The summed E-state index contributed by atoms with van der Waals surface area (Å²) in [6.07, 6.45) is 0.0910. The Morgan fingerprint density at radius 3 is 2.56 bits per heavy atom. The van der Waals surface area contributed by atoms with E-state index in [-0.39, 0.29) is 18.2 Å². The summed E-state index contributed by atoms with van der Waals surface area (Å²) in [6.45, 7) is 4.40. The number of rotatable bonds is 7. The molecule has 2 amide bonds. The monoisotopic (exact) mass is 470 g/mol. The molecule has 7 heteroatoms. The van der Waals surface area contributed by atoms with Crippen LogP contribution in [-0.4, -0.2) is 29.3 Å². The Labute approximate surface area is 178 Å². The van der Waals surface area contributed by atoms with E-state index < -0.39 is 6.04 Å². The van der Waals surface area contributed by atoms with Crippen molar-refractivity contribution >= 4 is 50.9 Å². The van der Waals surface area contributed by atoms with Crippen molar-refractivity contribution in [2.75, 3.05) is 6.54 Å². The molecule has 0 fully saturated rings. The van der Waals surface area contributed by atoms with Gasteiger partial charge in [-0.3, -0.25) is 9.59 Å². The maximum absolute atomic E-state index is 13.0. The molecule has 0 aliphatic rings. The van der Waals surface area contributed by atoms with E-state index in [9.17, 15) is 9.59 Å². The first kappa shape index (κ1) is 21.7. The van der Waals surface area contributed by atoms with Crippen LogP contribution in [0.25, 0.3) is 0 Å². The van der Waals surface area contributed by atoms with Crippen LogP contribution in [0.2, 0.25) is 10.0 Å². The summed E-state index contributed by atoms with van der Waals surface area (Å²) in [5.41, 5.74) is 1.60. The Kier molecular flexibility index (Phi) is 8.14. The summed E-state index contributed by atoms with van der Waals surface area (Å²) >= 11 is 15.6. The molecular weight excluding hydrogens is 451 g/mol. The molecule has 0 aliphatic carbocycles. The molecule has 144 valence electrons. The number of likely N-dealkylation sites (N-methyl/N-ethyl adjacent to an activating group) is 1. The molecule has 0 bridgehead atoms. The molecule has 0 aliphatic heterocycles. The molecule has 2 aromatic carbocycles. The van der Waals surface area contributed by atoms with Crippen molar-refractivity contribution in [3.63, 3.8) is 0 Å². The van der Waals surface area contributed by atoms with Crippen LogP contribution in [-0.2, 0) is 22.6 Å².